The van der Waals surface area contributed by atoms with Gasteiger partial charge in [-0.05, 0) is 62.3 Å². The van der Waals surface area contributed by atoms with Crippen molar-refractivity contribution < 1.29 is 9.53 Å². The molecule has 2 heterocycles. The maximum absolute atomic E-state index is 12.8. The summed E-state index contributed by atoms with van der Waals surface area (Å²) < 4.78 is 5.48. The van der Waals surface area contributed by atoms with Crippen LogP contribution in [0.1, 0.15) is 53.3 Å². The van der Waals surface area contributed by atoms with E-state index in [1.807, 2.05) is 30.1 Å². The number of rotatable bonds is 8. The number of ether oxygens (including phenoxy) is 1. The number of aromatic nitrogens is 2. The number of carbonyl (C=O) groups is 1. The van der Waals surface area contributed by atoms with Crippen LogP contribution in [0.5, 0.6) is 5.75 Å². The first-order chi connectivity index (χ1) is 14.1. The molecule has 2 fully saturated rings. The van der Waals surface area contributed by atoms with Gasteiger partial charge in [-0.3, -0.25) is 9.89 Å². The zero-order chi connectivity index (χ0) is 20.2. The van der Waals surface area contributed by atoms with Crippen molar-refractivity contribution in [3.8, 4) is 5.75 Å². The fourth-order valence-corrected chi connectivity index (χ4v) is 4.41. The second kappa shape index (κ2) is 8.99. The molecule has 2 aliphatic rings. The third kappa shape index (κ3) is 4.99. The Kier molecular flexibility index (Phi) is 6.19. The largest absolute Gasteiger partial charge is 0.496 e. The highest BCUT2D eigenvalue weighted by Gasteiger charge is 2.28. The van der Waals surface area contributed by atoms with Gasteiger partial charge in [-0.15, -0.1) is 0 Å². The summed E-state index contributed by atoms with van der Waals surface area (Å²) in [6.45, 7) is 3.99. The van der Waals surface area contributed by atoms with Gasteiger partial charge in [-0.25, -0.2) is 0 Å². The van der Waals surface area contributed by atoms with Gasteiger partial charge < -0.3 is 14.5 Å². The molecular weight excluding hydrogens is 364 g/mol. The molecule has 1 aromatic heterocycles. The Bertz CT molecular complexity index is 830. The molecule has 0 unspecified atom stereocenters. The summed E-state index contributed by atoms with van der Waals surface area (Å²) in [4.78, 5) is 17.1. The van der Waals surface area contributed by atoms with Crippen molar-refractivity contribution in [1.29, 1.82) is 0 Å². The van der Waals surface area contributed by atoms with Gasteiger partial charge in [0.25, 0.3) is 5.91 Å². The number of piperidine rings is 1. The second-order valence-corrected chi connectivity index (χ2v) is 8.54. The molecule has 1 aliphatic carbocycles. The number of benzene rings is 1. The molecule has 1 aliphatic heterocycles. The van der Waals surface area contributed by atoms with E-state index in [-0.39, 0.29) is 5.91 Å². The summed E-state index contributed by atoms with van der Waals surface area (Å²) >= 11 is 0. The van der Waals surface area contributed by atoms with Crippen molar-refractivity contribution in [2.75, 3.05) is 40.3 Å². The van der Waals surface area contributed by atoms with Crippen LogP contribution >= 0.6 is 0 Å². The molecule has 1 N–H and O–H groups in total. The van der Waals surface area contributed by atoms with Gasteiger partial charge in [0, 0.05) is 38.3 Å². The molecule has 1 saturated heterocycles. The van der Waals surface area contributed by atoms with Crippen molar-refractivity contribution in [2.24, 2.45) is 5.92 Å². The predicted octanol–water partition coefficient (Wildman–Crippen LogP) is 3.32. The van der Waals surface area contributed by atoms with Crippen LogP contribution < -0.4 is 4.74 Å². The van der Waals surface area contributed by atoms with E-state index in [0.717, 1.165) is 44.0 Å². The van der Waals surface area contributed by atoms with Crippen molar-refractivity contribution in [3.63, 3.8) is 0 Å². The van der Waals surface area contributed by atoms with Crippen molar-refractivity contribution in [2.45, 2.75) is 38.0 Å². The average Bonchev–Trinajstić information content (AvgIpc) is 3.49. The van der Waals surface area contributed by atoms with E-state index >= 15 is 0 Å². The highest BCUT2D eigenvalue weighted by Crippen LogP contribution is 2.39. The lowest BCUT2D eigenvalue weighted by Crippen LogP contribution is -2.42. The quantitative estimate of drug-likeness (QED) is 0.744. The van der Waals surface area contributed by atoms with Gasteiger partial charge in [0.1, 0.15) is 11.4 Å². The monoisotopic (exact) mass is 396 g/mol. The average molecular weight is 397 g/mol. The van der Waals surface area contributed by atoms with Gasteiger partial charge in [0.2, 0.25) is 0 Å². The number of carbonyl (C=O) groups excluding carboxylic acids is 1. The Balaban J connectivity index is 1.28. The molecule has 1 amide bonds. The summed E-state index contributed by atoms with van der Waals surface area (Å²) in [5.41, 5.74) is 2.93. The number of hydrogen-bond donors (Lipinski definition) is 1. The van der Waals surface area contributed by atoms with Gasteiger partial charge in [0.15, 0.2) is 0 Å². The summed E-state index contributed by atoms with van der Waals surface area (Å²) in [7, 11) is 3.64. The molecule has 2 aromatic rings. The van der Waals surface area contributed by atoms with Gasteiger partial charge in [0.05, 0.1) is 7.11 Å². The van der Waals surface area contributed by atoms with Crippen LogP contribution in [0.2, 0.25) is 0 Å². The molecule has 1 saturated carbocycles. The van der Waals surface area contributed by atoms with Crippen LogP contribution in [0.25, 0.3) is 0 Å². The zero-order valence-corrected chi connectivity index (χ0v) is 17.6. The van der Waals surface area contributed by atoms with Crippen LogP contribution in [-0.4, -0.2) is 66.2 Å². The third-order valence-electron chi connectivity index (χ3n) is 6.21. The molecule has 0 spiro atoms. The maximum atomic E-state index is 12.8. The minimum absolute atomic E-state index is 0.0271. The Hall–Kier alpha value is -2.34. The smallest absolute Gasteiger partial charge is 0.274 e. The molecule has 0 radical (unpaired) electrons. The second-order valence-electron chi connectivity index (χ2n) is 8.54. The number of para-hydroxylation sites is 1. The number of hydrogen-bond acceptors (Lipinski definition) is 4. The van der Waals surface area contributed by atoms with Gasteiger partial charge in [-0.2, -0.15) is 5.10 Å². The number of nitrogens with one attached hydrogen (secondary N) is 1. The summed E-state index contributed by atoms with van der Waals surface area (Å²) in [6.07, 6.45) is 5.77. The van der Waals surface area contributed by atoms with E-state index in [9.17, 15) is 4.79 Å². The molecule has 1 atom stereocenters. The first kappa shape index (κ1) is 20.0. The number of methoxy groups -OCH3 is 1. The van der Waals surface area contributed by atoms with Crippen molar-refractivity contribution in [3.05, 3.63) is 47.3 Å². The lowest BCUT2D eigenvalue weighted by Gasteiger charge is -2.34. The van der Waals surface area contributed by atoms with E-state index in [0.29, 0.717) is 17.5 Å². The summed E-state index contributed by atoms with van der Waals surface area (Å²) in [5, 5.41) is 7.29. The van der Waals surface area contributed by atoms with Crippen LogP contribution in [0.3, 0.4) is 0 Å². The molecule has 6 heteroatoms. The molecule has 29 heavy (non-hydrogen) atoms. The Morgan fingerprint density at radius 1 is 1.31 bits per heavy atom. The maximum Gasteiger partial charge on any atom is 0.274 e. The standard InChI is InChI=1S/C23H32N4O2/c1-26(23(28)21-14-20(24-25-21)18-9-10-18)15-17-6-5-12-27(16-17)13-11-19-7-3-4-8-22(19)29-2/h3-4,7-8,14,17-18H,5-6,9-13,15-16H2,1-2H3,(H,24,25)/t17-/m1/s1. The van der Waals surface area contributed by atoms with Crippen molar-refractivity contribution in [1.82, 2.24) is 20.0 Å². The molecule has 0 bridgehead atoms. The van der Waals surface area contributed by atoms with E-state index < -0.39 is 0 Å². The van der Waals surface area contributed by atoms with Crippen LogP contribution in [-0.2, 0) is 6.42 Å². The Morgan fingerprint density at radius 2 is 2.14 bits per heavy atom. The van der Waals surface area contributed by atoms with E-state index in [2.05, 4.69) is 27.2 Å². The summed E-state index contributed by atoms with van der Waals surface area (Å²) in [5.74, 6) is 2.09. The first-order valence-corrected chi connectivity index (χ1v) is 10.8. The first-order valence-electron chi connectivity index (χ1n) is 10.8. The Morgan fingerprint density at radius 3 is 2.93 bits per heavy atom. The minimum Gasteiger partial charge on any atom is -0.496 e. The van der Waals surface area contributed by atoms with Gasteiger partial charge >= 0.3 is 0 Å². The zero-order valence-electron chi connectivity index (χ0n) is 17.6. The third-order valence-corrected chi connectivity index (χ3v) is 6.21. The number of aromatic amines is 1. The van der Waals surface area contributed by atoms with Crippen LogP contribution in [0.15, 0.2) is 30.3 Å². The molecule has 156 valence electrons. The molecular formula is C23H32N4O2. The Labute approximate surface area is 173 Å². The molecule has 4 rings (SSSR count). The predicted molar refractivity (Wildman–Crippen MR) is 113 cm³/mol. The van der Waals surface area contributed by atoms with Crippen LogP contribution in [0.4, 0.5) is 0 Å². The fourth-order valence-electron chi connectivity index (χ4n) is 4.41. The SMILES string of the molecule is COc1ccccc1CCN1CCC[C@H](CN(C)C(=O)c2cc(C3CC3)[nH]n2)C1. The number of H-pyrrole nitrogens is 1. The fraction of sp³-hybridized carbons (Fsp3) is 0.565. The summed E-state index contributed by atoms with van der Waals surface area (Å²) in [6, 6.07) is 10.2. The lowest BCUT2D eigenvalue weighted by molar-refractivity contribution is 0.0724. The number of likely N-dealkylation sites (tertiary alicyclic amines) is 1. The normalized spacial score (nSPS) is 19.9. The van der Waals surface area contributed by atoms with E-state index in [1.54, 1.807) is 7.11 Å². The van der Waals surface area contributed by atoms with Crippen LogP contribution in [0, 0.1) is 5.92 Å². The van der Waals surface area contributed by atoms with Crippen molar-refractivity contribution >= 4 is 5.91 Å². The number of amides is 1. The highest BCUT2D eigenvalue weighted by atomic mass is 16.5. The van der Waals surface area contributed by atoms with E-state index in [4.69, 9.17) is 4.74 Å². The molecule has 1 aromatic carbocycles. The lowest BCUT2D eigenvalue weighted by atomic mass is 9.97. The van der Waals surface area contributed by atoms with Gasteiger partial charge in [-0.1, -0.05) is 18.2 Å². The highest BCUT2D eigenvalue weighted by molar-refractivity contribution is 5.92. The topological polar surface area (TPSA) is 61.5 Å². The minimum atomic E-state index is 0.0271. The number of nitrogens with zero attached hydrogens (tertiary/aromatic N) is 3. The molecule has 6 nitrogen and oxygen atoms in total. The van der Waals surface area contributed by atoms with E-state index in [1.165, 1.54) is 31.2 Å².